The van der Waals surface area contributed by atoms with Gasteiger partial charge >= 0.3 is 0 Å². The maximum atomic E-state index is 11.4. The summed E-state index contributed by atoms with van der Waals surface area (Å²) >= 11 is 0.606. The van der Waals surface area contributed by atoms with Crippen LogP contribution in [0.15, 0.2) is 0 Å². The topological polar surface area (TPSA) is 26.0 Å². The maximum absolute atomic E-state index is 11.4. The molecule has 0 saturated carbocycles. The monoisotopic (exact) mass is 155 g/mol. The summed E-state index contributed by atoms with van der Waals surface area (Å²) in [7, 11) is 0. The normalized spacial score (nSPS) is 14.3. The van der Waals surface area contributed by atoms with Crippen molar-refractivity contribution in [3.63, 3.8) is 0 Å². The van der Waals surface area contributed by atoms with Crippen LogP contribution in [0.3, 0.4) is 0 Å². The Bertz CT molecular complexity index is 70.0. The van der Waals surface area contributed by atoms with Gasteiger partial charge in [0.2, 0.25) is 0 Å². The molecule has 0 aromatic rings. The maximum Gasteiger partial charge on any atom is 0.284 e. The standard InChI is InChI=1S/C5H11F2NS/c1-2-4(8)3-9-5(6)7/h4-5H,2-3,8H2,1H3. The minimum absolute atomic E-state index is 0.0796. The third-order valence-corrected chi connectivity index (χ3v) is 1.83. The van der Waals surface area contributed by atoms with E-state index in [0.717, 1.165) is 6.42 Å². The lowest BCUT2D eigenvalue weighted by Gasteiger charge is -2.05. The largest absolute Gasteiger partial charge is 0.327 e. The van der Waals surface area contributed by atoms with E-state index in [1.807, 2.05) is 6.92 Å². The fraction of sp³-hybridized carbons (Fsp3) is 1.00. The minimum Gasteiger partial charge on any atom is -0.327 e. The predicted molar refractivity (Wildman–Crippen MR) is 36.7 cm³/mol. The van der Waals surface area contributed by atoms with Crippen molar-refractivity contribution in [2.75, 3.05) is 5.75 Å². The van der Waals surface area contributed by atoms with Gasteiger partial charge in [0.15, 0.2) is 0 Å². The Morgan fingerprint density at radius 2 is 2.11 bits per heavy atom. The third kappa shape index (κ3) is 6.05. The molecule has 9 heavy (non-hydrogen) atoms. The number of thioether (sulfide) groups is 1. The molecule has 1 unspecified atom stereocenters. The highest BCUT2D eigenvalue weighted by atomic mass is 32.2. The molecule has 0 aliphatic rings. The molecule has 0 radical (unpaired) electrons. The lowest BCUT2D eigenvalue weighted by atomic mass is 10.3. The predicted octanol–water partition coefficient (Wildman–Crippen LogP) is 1.68. The molecular formula is C5H11F2NS. The Morgan fingerprint density at radius 1 is 1.56 bits per heavy atom. The van der Waals surface area contributed by atoms with E-state index < -0.39 is 5.76 Å². The zero-order valence-corrected chi connectivity index (χ0v) is 6.13. The molecule has 0 aliphatic carbocycles. The lowest BCUT2D eigenvalue weighted by molar-refractivity contribution is 0.252. The van der Waals surface area contributed by atoms with E-state index in [1.54, 1.807) is 0 Å². The summed E-state index contributed by atoms with van der Waals surface area (Å²) < 4.78 is 22.9. The van der Waals surface area contributed by atoms with Gasteiger partial charge in [0.05, 0.1) is 0 Å². The van der Waals surface area contributed by atoms with E-state index in [1.165, 1.54) is 0 Å². The molecule has 2 N–H and O–H groups in total. The fourth-order valence-corrected chi connectivity index (χ4v) is 0.943. The molecule has 0 fully saturated rings. The summed E-state index contributed by atoms with van der Waals surface area (Å²) in [5.41, 5.74) is 5.37. The molecule has 0 bridgehead atoms. The molecular weight excluding hydrogens is 144 g/mol. The summed E-state index contributed by atoms with van der Waals surface area (Å²) in [6.07, 6.45) is 0.764. The van der Waals surface area contributed by atoms with Crippen LogP contribution in [0.2, 0.25) is 0 Å². The Hall–Kier alpha value is 0.170. The third-order valence-electron chi connectivity index (χ3n) is 0.961. The van der Waals surface area contributed by atoms with Crippen molar-refractivity contribution >= 4 is 11.8 Å². The zero-order valence-electron chi connectivity index (χ0n) is 5.31. The second kappa shape index (κ2) is 4.99. The number of alkyl halides is 2. The van der Waals surface area contributed by atoms with Crippen molar-refractivity contribution in [2.24, 2.45) is 5.73 Å². The number of halogens is 2. The Labute approximate surface area is 58.0 Å². The number of nitrogens with two attached hydrogens (primary N) is 1. The summed E-state index contributed by atoms with van der Waals surface area (Å²) in [4.78, 5) is 0. The van der Waals surface area contributed by atoms with Gasteiger partial charge in [-0.1, -0.05) is 18.7 Å². The minimum atomic E-state index is -2.28. The molecule has 0 aliphatic heterocycles. The summed E-state index contributed by atoms with van der Waals surface area (Å²) in [5, 5.41) is 0. The van der Waals surface area contributed by atoms with Crippen LogP contribution in [0.5, 0.6) is 0 Å². The van der Waals surface area contributed by atoms with Crippen molar-refractivity contribution in [1.29, 1.82) is 0 Å². The molecule has 4 heteroatoms. The van der Waals surface area contributed by atoms with E-state index in [4.69, 9.17) is 5.73 Å². The second-order valence-electron chi connectivity index (χ2n) is 1.76. The van der Waals surface area contributed by atoms with E-state index in [9.17, 15) is 8.78 Å². The number of hydrogen-bond acceptors (Lipinski definition) is 2. The van der Waals surface area contributed by atoms with Gasteiger partial charge in [0.25, 0.3) is 5.76 Å². The van der Waals surface area contributed by atoms with Crippen LogP contribution in [-0.4, -0.2) is 17.6 Å². The SMILES string of the molecule is CCC(N)CSC(F)F. The highest BCUT2D eigenvalue weighted by Crippen LogP contribution is 2.14. The highest BCUT2D eigenvalue weighted by Gasteiger charge is 2.05. The van der Waals surface area contributed by atoms with Crippen molar-refractivity contribution in [1.82, 2.24) is 0 Å². The average molecular weight is 155 g/mol. The Balaban J connectivity index is 3.06. The summed E-state index contributed by atoms with van der Waals surface area (Å²) in [6.45, 7) is 1.89. The number of rotatable bonds is 4. The molecule has 0 heterocycles. The second-order valence-corrected chi connectivity index (χ2v) is 2.79. The Morgan fingerprint density at radius 3 is 2.44 bits per heavy atom. The van der Waals surface area contributed by atoms with Crippen LogP contribution < -0.4 is 5.73 Å². The smallest absolute Gasteiger partial charge is 0.284 e. The van der Waals surface area contributed by atoms with E-state index >= 15 is 0 Å². The van der Waals surface area contributed by atoms with Gasteiger partial charge in [-0.2, -0.15) is 8.78 Å². The van der Waals surface area contributed by atoms with Crippen LogP contribution in [0.25, 0.3) is 0 Å². The first-order valence-electron chi connectivity index (χ1n) is 2.82. The molecule has 1 nitrogen and oxygen atoms in total. The molecule has 0 rings (SSSR count). The van der Waals surface area contributed by atoms with Gasteiger partial charge in [0.1, 0.15) is 0 Å². The first-order valence-corrected chi connectivity index (χ1v) is 3.87. The van der Waals surface area contributed by atoms with Gasteiger partial charge < -0.3 is 5.73 Å². The molecule has 0 aromatic heterocycles. The zero-order chi connectivity index (χ0) is 7.28. The summed E-state index contributed by atoms with van der Waals surface area (Å²) in [6, 6.07) is -0.0796. The van der Waals surface area contributed by atoms with Crippen LogP contribution in [0.1, 0.15) is 13.3 Å². The quantitative estimate of drug-likeness (QED) is 0.668. The van der Waals surface area contributed by atoms with Crippen LogP contribution in [-0.2, 0) is 0 Å². The lowest BCUT2D eigenvalue weighted by Crippen LogP contribution is -2.21. The van der Waals surface area contributed by atoms with Crippen molar-refractivity contribution in [3.05, 3.63) is 0 Å². The Kier molecular flexibility index (Phi) is 5.09. The molecule has 0 saturated heterocycles. The van der Waals surface area contributed by atoms with Crippen molar-refractivity contribution in [2.45, 2.75) is 25.1 Å². The van der Waals surface area contributed by atoms with Gasteiger partial charge in [-0.05, 0) is 6.42 Å². The van der Waals surface area contributed by atoms with Crippen LogP contribution in [0, 0.1) is 0 Å². The van der Waals surface area contributed by atoms with Crippen molar-refractivity contribution in [3.8, 4) is 0 Å². The molecule has 0 amide bonds. The highest BCUT2D eigenvalue weighted by molar-refractivity contribution is 7.99. The van der Waals surface area contributed by atoms with Gasteiger partial charge in [0, 0.05) is 11.8 Å². The molecule has 0 aromatic carbocycles. The first-order chi connectivity index (χ1) is 4.16. The van der Waals surface area contributed by atoms with Gasteiger partial charge in [-0.3, -0.25) is 0 Å². The molecule has 56 valence electrons. The molecule has 1 atom stereocenters. The fourth-order valence-electron chi connectivity index (χ4n) is 0.314. The van der Waals surface area contributed by atoms with Crippen LogP contribution in [0.4, 0.5) is 8.78 Å². The summed E-state index contributed by atoms with van der Waals surface area (Å²) in [5.74, 6) is -1.92. The van der Waals surface area contributed by atoms with E-state index in [0.29, 0.717) is 17.5 Å². The average Bonchev–Trinajstić information content (AvgIpc) is 1.83. The van der Waals surface area contributed by atoms with Crippen LogP contribution >= 0.6 is 11.8 Å². The van der Waals surface area contributed by atoms with Gasteiger partial charge in [-0.15, -0.1) is 0 Å². The molecule has 0 spiro atoms. The van der Waals surface area contributed by atoms with Gasteiger partial charge in [-0.25, -0.2) is 0 Å². The number of hydrogen-bond donors (Lipinski definition) is 1. The van der Waals surface area contributed by atoms with Crippen molar-refractivity contribution < 1.29 is 8.78 Å². The van der Waals surface area contributed by atoms with E-state index in [-0.39, 0.29) is 6.04 Å². The first kappa shape index (κ1) is 9.17. The van der Waals surface area contributed by atoms with E-state index in [2.05, 4.69) is 0 Å².